The Morgan fingerprint density at radius 3 is 2.46 bits per heavy atom. The Balaban J connectivity index is 1.62. The van der Waals surface area contributed by atoms with Gasteiger partial charge in [-0.05, 0) is 32.0 Å². The summed E-state index contributed by atoms with van der Waals surface area (Å²) in [6, 6.07) is 4.39. The van der Waals surface area contributed by atoms with Crippen molar-refractivity contribution < 1.29 is 22.0 Å². The van der Waals surface area contributed by atoms with Crippen LogP contribution in [0.5, 0.6) is 0 Å². The highest BCUT2D eigenvalue weighted by Gasteiger charge is 2.23. The van der Waals surface area contributed by atoms with Crippen molar-refractivity contribution in [2.24, 2.45) is 0 Å². The number of nitrogens with one attached hydrogen (secondary N) is 1. The second kappa shape index (κ2) is 10.5. The van der Waals surface area contributed by atoms with E-state index in [4.69, 9.17) is 0 Å². The van der Waals surface area contributed by atoms with Gasteiger partial charge in [-0.1, -0.05) is 17.9 Å². The van der Waals surface area contributed by atoms with Crippen LogP contribution in [0.25, 0.3) is 0 Å². The molecule has 0 saturated carbocycles. The zero-order valence-corrected chi connectivity index (χ0v) is 21.2. The number of hydrogen-bond acceptors (Lipinski definition) is 7. The first kappa shape index (κ1) is 26.0. The predicted octanol–water partition coefficient (Wildman–Crippen LogP) is 2.64. The molecule has 0 unspecified atom stereocenters. The quantitative estimate of drug-likeness (QED) is 0.521. The number of pyridine rings is 1. The molecule has 37 heavy (non-hydrogen) atoms. The van der Waals surface area contributed by atoms with Gasteiger partial charge in [0.25, 0.3) is 10.0 Å². The van der Waals surface area contributed by atoms with E-state index >= 15 is 0 Å². The zero-order chi connectivity index (χ0) is 26.7. The molecule has 1 saturated heterocycles. The summed E-state index contributed by atoms with van der Waals surface area (Å²) >= 11 is 0. The van der Waals surface area contributed by atoms with Crippen LogP contribution in [0.1, 0.15) is 29.4 Å². The second-order valence-electron chi connectivity index (χ2n) is 8.42. The fourth-order valence-electron chi connectivity index (χ4n) is 3.81. The maximum Gasteiger partial charge on any atom is 0.264 e. The van der Waals surface area contributed by atoms with E-state index in [0.29, 0.717) is 54.5 Å². The van der Waals surface area contributed by atoms with Gasteiger partial charge in [0.15, 0.2) is 11.6 Å². The lowest BCUT2D eigenvalue weighted by atomic mass is 10.1. The predicted molar refractivity (Wildman–Crippen MR) is 133 cm³/mol. The average molecular weight is 527 g/mol. The summed E-state index contributed by atoms with van der Waals surface area (Å²) in [6.07, 6.45) is 2.94. The third-order valence-electron chi connectivity index (χ3n) is 5.91. The van der Waals surface area contributed by atoms with Crippen molar-refractivity contribution in [2.45, 2.75) is 25.7 Å². The van der Waals surface area contributed by atoms with Crippen molar-refractivity contribution in [1.82, 2.24) is 19.9 Å². The average Bonchev–Trinajstić information content (AvgIpc) is 2.86. The molecule has 0 atom stereocenters. The Hall–Kier alpha value is -4.11. The number of piperazine rings is 1. The number of aryl methyl sites for hydroxylation is 2. The third kappa shape index (κ3) is 5.67. The largest absolute Gasteiger partial charge is 0.352 e. The van der Waals surface area contributed by atoms with Crippen LogP contribution in [-0.4, -0.2) is 60.4 Å². The molecule has 9 nitrogen and oxygen atoms in total. The van der Waals surface area contributed by atoms with E-state index in [0.717, 1.165) is 18.2 Å². The number of amides is 1. The highest BCUT2D eigenvalue weighted by molar-refractivity contribution is 7.92. The molecule has 1 fully saturated rings. The summed E-state index contributed by atoms with van der Waals surface area (Å²) in [5.41, 5.74) is 2.06. The van der Waals surface area contributed by atoms with Crippen LogP contribution in [0.2, 0.25) is 0 Å². The number of aromatic nitrogens is 3. The van der Waals surface area contributed by atoms with Crippen molar-refractivity contribution in [3.63, 3.8) is 0 Å². The summed E-state index contributed by atoms with van der Waals surface area (Å²) in [4.78, 5) is 27.5. The SMILES string of the molecule is CC(=O)N1CCN(c2ncnc(C)c2C#Cc2cnc(C)c(NS(=O)(=O)c3cccc(F)c3F)c2)CC1. The fraction of sp³-hybridized carbons (Fsp3) is 0.280. The molecule has 1 N–H and O–H groups in total. The molecular weight excluding hydrogens is 502 g/mol. The minimum atomic E-state index is -4.42. The molecule has 0 radical (unpaired) electrons. The van der Waals surface area contributed by atoms with E-state index in [1.807, 2.05) is 11.8 Å². The molecule has 1 aromatic carbocycles. The standard InChI is InChI=1S/C25H24F2N6O3S/c1-16-20(25(30-15-29-16)33-11-9-32(10-12-33)18(3)34)8-7-19-13-22(17(2)28-14-19)31-37(35,36)23-6-4-5-21(26)24(23)27/h4-6,13-15,31H,9-12H2,1-3H3. The fourth-order valence-corrected chi connectivity index (χ4v) is 5.01. The Kier molecular flexibility index (Phi) is 7.35. The van der Waals surface area contributed by atoms with Crippen molar-refractivity contribution >= 4 is 27.4 Å². The van der Waals surface area contributed by atoms with Crippen molar-refractivity contribution in [3.8, 4) is 11.8 Å². The first-order valence-electron chi connectivity index (χ1n) is 11.3. The normalized spacial score (nSPS) is 13.6. The lowest BCUT2D eigenvalue weighted by molar-refractivity contribution is -0.129. The van der Waals surface area contributed by atoms with Crippen LogP contribution in [0.4, 0.5) is 20.3 Å². The van der Waals surface area contributed by atoms with Crippen LogP contribution < -0.4 is 9.62 Å². The maximum atomic E-state index is 14.1. The number of carbonyl (C=O) groups excluding carboxylic acids is 1. The lowest BCUT2D eigenvalue weighted by Crippen LogP contribution is -2.48. The Bertz CT molecular complexity index is 1530. The van der Waals surface area contributed by atoms with Gasteiger partial charge in [0.2, 0.25) is 5.91 Å². The highest BCUT2D eigenvalue weighted by atomic mass is 32.2. The van der Waals surface area contributed by atoms with Crippen LogP contribution in [0.15, 0.2) is 41.7 Å². The van der Waals surface area contributed by atoms with Gasteiger partial charge in [-0.15, -0.1) is 0 Å². The molecule has 1 aliphatic heterocycles. The van der Waals surface area contributed by atoms with E-state index in [-0.39, 0.29) is 11.6 Å². The van der Waals surface area contributed by atoms with E-state index in [1.54, 1.807) is 18.7 Å². The van der Waals surface area contributed by atoms with Crippen molar-refractivity contribution in [1.29, 1.82) is 0 Å². The molecule has 192 valence electrons. The first-order chi connectivity index (χ1) is 17.6. The summed E-state index contributed by atoms with van der Waals surface area (Å²) in [5.74, 6) is 3.97. The van der Waals surface area contributed by atoms with Crippen molar-refractivity contribution in [3.05, 3.63) is 70.9 Å². The molecule has 0 aliphatic carbocycles. The number of carbonyl (C=O) groups is 1. The molecule has 3 aromatic rings. The monoisotopic (exact) mass is 526 g/mol. The van der Waals surface area contributed by atoms with Gasteiger partial charge in [0.05, 0.1) is 22.6 Å². The number of hydrogen-bond donors (Lipinski definition) is 1. The van der Waals surface area contributed by atoms with E-state index in [9.17, 15) is 22.0 Å². The summed E-state index contributed by atoms with van der Waals surface area (Å²) in [6.45, 7) is 7.26. The molecule has 3 heterocycles. The molecule has 4 rings (SSSR count). The molecule has 1 amide bonds. The van der Waals surface area contributed by atoms with Crippen LogP contribution >= 0.6 is 0 Å². The number of anilines is 2. The summed E-state index contributed by atoms with van der Waals surface area (Å²) < 4.78 is 55.4. The van der Waals surface area contributed by atoms with Gasteiger partial charge in [-0.3, -0.25) is 14.5 Å². The number of halogens is 2. The molecular formula is C25H24F2N6O3S. The third-order valence-corrected chi connectivity index (χ3v) is 7.29. The maximum absolute atomic E-state index is 14.1. The minimum Gasteiger partial charge on any atom is -0.352 e. The Labute approximate surface area is 213 Å². The topological polar surface area (TPSA) is 108 Å². The lowest BCUT2D eigenvalue weighted by Gasteiger charge is -2.35. The molecule has 0 bridgehead atoms. The molecule has 1 aliphatic rings. The van der Waals surface area contributed by atoms with Gasteiger partial charge in [-0.25, -0.2) is 27.2 Å². The van der Waals surface area contributed by atoms with Crippen LogP contribution in [0.3, 0.4) is 0 Å². The summed E-state index contributed by atoms with van der Waals surface area (Å²) in [7, 11) is -4.42. The van der Waals surface area contributed by atoms with Gasteiger partial charge in [-0.2, -0.15) is 0 Å². The molecule has 0 spiro atoms. The number of rotatable bonds is 4. The van der Waals surface area contributed by atoms with E-state index in [1.165, 1.54) is 18.6 Å². The Morgan fingerprint density at radius 2 is 1.76 bits per heavy atom. The number of nitrogens with zero attached hydrogens (tertiary/aromatic N) is 5. The van der Waals surface area contributed by atoms with Crippen LogP contribution in [0, 0.1) is 37.3 Å². The highest BCUT2D eigenvalue weighted by Crippen LogP contribution is 2.24. The van der Waals surface area contributed by atoms with E-state index in [2.05, 4.69) is 31.5 Å². The van der Waals surface area contributed by atoms with Gasteiger partial charge in [0, 0.05) is 44.9 Å². The summed E-state index contributed by atoms with van der Waals surface area (Å²) in [5, 5.41) is 0. The van der Waals surface area contributed by atoms with Gasteiger partial charge < -0.3 is 9.80 Å². The van der Waals surface area contributed by atoms with Gasteiger partial charge in [0.1, 0.15) is 17.0 Å². The molecule has 2 aromatic heterocycles. The van der Waals surface area contributed by atoms with Gasteiger partial charge >= 0.3 is 0 Å². The minimum absolute atomic E-state index is 0.0250. The second-order valence-corrected chi connectivity index (χ2v) is 10.1. The smallest absolute Gasteiger partial charge is 0.264 e. The van der Waals surface area contributed by atoms with Crippen LogP contribution in [-0.2, 0) is 14.8 Å². The van der Waals surface area contributed by atoms with Crippen molar-refractivity contribution in [2.75, 3.05) is 35.8 Å². The first-order valence-corrected chi connectivity index (χ1v) is 12.8. The number of sulfonamides is 1. The Morgan fingerprint density at radius 1 is 1.03 bits per heavy atom. The number of benzene rings is 1. The zero-order valence-electron chi connectivity index (χ0n) is 20.4. The molecule has 12 heteroatoms. The van der Waals surface area contributed by atoms with E-state index < -0.39 is 26.6 Å².